The van der Waals surface area contributed by atoms with E-state index < -0.39 is 17.8 Å². The highest BCUT2D eigenvalue weighted by Crippen LogP contribution is 2.32. The minimum absolute atomic E-state index is 0.144. The Hall–Kier alpha value is -2.88. The van der Waals surface area contributed by atoms with Crippen molar-refractivity contribution in [2.45, 2.75) is 6.18 Å². The van der Waals surface area contributed by atoms with Crippen LogP contribution in [-0.2, 0) is 6.18 Å². The first-order chi connectivity index (χ1) is 14.7. The van der Waals surface area contributed by atoms with Gasteiger partial charge >= 0.3 is 6.18 Å². The molecule has 2 aromatic heterocycles. The molecule has 5 nitrogen and oxygen atoms in total. The van der Waals surface area contributed by atoms with Crippen molar-refractivity contribution in [2.75, 3.05) is 5.32 Å². The topological polar surface area (TPSA) is 59.8 Å². The predicted octanol–water partition coefficient (Wildman–Crippen LogP) is 6.57. The van der Waals surface area contributed by atoms with E-state index in [0.717, 1.165) is 21.6 Å². The second-order valence-electron chi connectivity index (χ2n) is 6.27. The van der Waals surface area contributed by atoms with Gasteiger partial charge in [0.25, 0.3) is 5.91 Å². The Morgan fingerprint density at radius 2 is 1.77 bits per heavy atom. The third-order valence-electron chi connectivity index (χ3n) is 4.18. The van der Waals surface area contributed by atoms with E-state index in [9.17, 15) is 18.0 Å². The van der Waals surface area contributed by atoms with Crippen molar-refractivity contribution < 1.29 is 18.0 Å². The second-order valence-corrected chi connectivity index (χ2v) is 7.98. The van der Waals surface area contributed by atoms with Gasteiger partial charge in [0.05, 0.1) is 16.4 Å². The fraction of sp³-hybridized carbons (Fsp3) is 0.0500. The van der Waals surface area contributed by atoms with Crippen LogP contribution in [-0.4, -0.2) is 20.7 Å². The summed E-state index contributed by atoms with van der Waals surface area (Å²) in [6.45, 7) is 0. The van der Waals surface area contributed by atoms with Crippen LogP contribution in [0.25, 0.3) is 16.9 Å². The molecule has 1 N–H and O–H groups in total. The molecule has 2 aromatic carbocycles. The largest absolute Gasteiger partial charge is 0.435 e. The number of hydrogen-bond donors (Lipinski definition) is 1. The number of alkyl halides is 3. The van der Waals surface area contributed by atoms with Crippen LogP contribution in [0.2, 0.25) is 10.0 Å². The molecule has 158 valence electrons. The minimum Gasteiger partial charge on any atom is -0.296 e. The highest BCUT2D eigenvalue weighted by molar-refractivity contribution is 7.14. The zero-order chi connectivity index (χ0) is 22.2. The highest BCUT2D eigenvalue weighted by atomic mass is 35.5. The molecule has 0 fully saturated rings. The molecule has 4 rings (SSSR count). The lowest BCUT2D eigenvalue weighted by atomic mass is 10.2. The molecule has 0 atom stereocenters. The molecule has 0 bridgehead atoms. The SMILES string of the molecule is O=C(Nc1nc(-c2ccc(Cl)cc2)cs1)c1cc(C(F)(F)F)nn1-c1ccccc1Cl. The van der Waals surface area contributed by atoms with E-state index in [0.29, 0.717) is 16.8 Å². The molecule has 0 unspecified atom stereocenters. The van der Waals surface area contributed by atoms with Gasteiger partial charge in [-0.3, -0.25) is 10.1 Å². The van der Waals surface area contributed by atoms with E-state index in [2.05, 4.69) is 15.4 Å². The molecule has 0 aliphatic rings. The number of carbonyl (C=O) groups is 1. The number of nitrogens with one attached hydrogen (secondary N) is 1. The first kappa shape index (κ1) is 21.4. The van der Waals surface area contributed by atoms with Gasteiger partial charge in [0.1, 0.15) is 5.69 Å². The zero-order valence-electron chi connectivity index (χ0n) is 15.3. The maximum atomic E-state index is 13.2. The van der Waals surface area contributed by atoms with E-state index in [4.69, 9.17) is 23.2 Å². The van der Waals surface area contributed by atoms with Crippen molar-refractivity contribution >= 4 is 45.6 Å². The number of aromatic nitrogens is 3. The Balaban J connectivity index is 1.66. The number of nitrogens with zero attached hydrogens (tertiary/aromatic N) is 3. The number of rotatable bonds is 4. The molecule has 0 aliphatic carbocycles. The predicted molar refractivity (Wildman–Crippen MR) is 114 cm³/mol. The summed E-state index contributed by atoms with van der Waals surface area (Å²) in [5.74, 6) is -0.806. The molecular formula is C20H11Cl2F3N4OS. The van der Waals surface area contributed by atoms with Gasteiger partial charge in [0.15, 0.2) is 10.8 Å². The van der Waals surface area contributed by atoms with Crippen molar-refractivity contribution in [2.24, 2.45) is 0 Å². The Morgan fingerprint density at radius 1 is 1.06 bits per heavy atom. The summed E-state index contributed by atoms with van der Waals surface area (Å²) in [5.41, 5.74) is -0.0257. The summed E-state index contributed by atoms with van der Waals surface area (Å²) in [5, 5.41) is 8.73. The summed E-state index contributed by atoms with van der Waals surface area (Å²) in [6.07, 6.45) is -4.73. The molecule has 11 heteroatoms. The fourth-order valence-corrected chi connectivity index (χ4v) is 3.79. The molecule has 2 heterocycles. The van der Waals surface area contributed by atoms with E-state index in [-0.39, 0.29) is 21.5 Å². The molecule has 1 amide bonds. The van der Waals surface area contributed by atoms with E-state index in [1.165, 1.54) is 12.1 Å². The Labute approximate surface area is 188 Å². The first-order valence-electron chi connectivity index (χ1n) is 8.67. The van der Waals surface area contributed by atoms with Crippen LogP contribution in [0.1, 0.15) is 16.2 Å². The molecule has 31 heavy (non-hydrogen) atoms. The molecule has 0 spiro atoms. The van der Waals surface area contributed by atoms with E-state index >= 15 is 0 Å². The number of carbonyl (C=O) groups excluding carboxylic acids is 1. The average Bonchev–Trinajstić information content (AvgIpc) is 3.36. The molecule has 0 saturated heterocycles. The van der Waals surface area contributed by atoms with Gasteiger partial charge in [0, 0.05) is 22.0 Å². The second kappa shape index (κ2) is 8.33. The monoisotopic (exact) mass is 482 g/mol. The maximum Gasteiger partial charge on any atom is 0.435 e. The van der Waals surface area contributed by atoms with E-state index in [1.807, 2.05) is 0 Å². The Bertz CT molecular complexity index is 1250. The Morgan fingerprint density at radius 3 is 2.45 bits per heavy atom. The number of para-hydroxylation sites is 1. The molecule has 4 aromatic rings. The van der Waals surface area contributed by atoms with Crippen molar-refractivity contribution in [1.82, 2.24) is 14.8 Å². The van der Waals surface area contributed by atoms with Gasteiger partial charge in [-0.1, -0.05) is 47.5 Å². The Kier molecular flexibility index (Phi) is 5.74. The van der Waals surface area contributed by atoms with Crippen molar-refractivity contribution in [3.63, 3.8) is 0 Å². The number of amides is 1. The van der Waals surface area contributed by atoms with Crippen LogP contribution in [0.5, 0.6) is 0 Å². The third-order valence-corrected chi connectivity index (χ3v) is 5.51. The molecule has 0 aliphatic heterocycles. The number of benzene rings is 2. The zero-order valence-corrected chi connectivity index (χ0v) is 17.6. The van der Waals surface area contributed by atoms with Crippen LogP contribution in [0, 0.1) is 0 Å². The molecule has 0 radical (unpaired) electrons. The lowest BCUT2D eigenvalue weighted by Crippen LogP contribution is -2.17. The lowest BCUT2D eigenvalue weighted by molar-refractivity contribution is -0.141. The summed E-state index contributed by atoms with van der Waals surface area (Å²) in [7, 11) is 0. The highest BCUT2D eigenvalue weighted by Gasteiger charge is 2.36. The van der Waals surface area contributed by atoms with Crippen molar-refractivity contribution in [3.05, 3.63) is 81.4 Å². The fourth-order valence-electron chi connectivity index (χ4n) is 2.73. The van der Waals surface area contributed by atoms with Gasteiger partial charge in [-0.2, -0.15) is 18.3 Å². The van der Waals surface area contributed by atoms with Crippen LogP contribution in [0.4, 0.5) is 18.3 Å². The van der Waals surface area contributed by atoms with Gasteiger partial charge < -0.3 is 0 Å². The summed E-state index contributed by atoms with van der Waals surface area (Å²) >= 11 is 13.1. The number of halogens is 5. The summed E-state index contributed by atoms with van der Waals surface area (Å²) < 4.78 is 40.6. The first-order valence-corrected chi connectivity index (χ1v) is 10.3. The quantitative estimate of drug-likeness (QED) is 0.357. The summed E-state index contributed by atoms with van der Waals surface area (Å²) in [6, 6.07) is 13.8. The average molecular weight is 483 g/mol. The number of anilines is 1. The molecular weight excluding hydrogens is 472 g/mol. The van der Waals surface area contributed by atoms with Crippen molar-refractivity contribution in [3.8, 4) is 16.9 Å². The van der Waals surface area contributed by atoms with Gasteiger partial charge in [-0.05, 0) is 24.3 Å². The van der Waals surface area contributed by atoms with Crippen LogP contribution in [0.3, 0.4) is 0 Å². The number of hydrogen-bond acceptors (Lipinski definition) is 4. The lowest BCUT2D eigenvalue weighted by Gasteiger charge is -2.08. The maximum absolute atomic E-state index is 13.2. The van der Waals surface area contributed by atoms with Crippen LogP contribution >= 0.6 is 34.5 Å². The summed E-state index contributed by atoms with van der Waals surface area (Å²) in [4.78, 5) is 17.1. The molecule has 0 saturated carbocycles. The van der Waals surface area contributed by atoms with E-state index in [1.54, 1.807) is 41.8 Å². The number of thiazole rings is 1. The van der Waals surface area contributed by atoms with Gasteiger partial charge in [-0.25, -0.2) is 9.67 Å². The normalized spacial score (nSPS) is 11.5. The minimum atomic E-state index is -4.73. The van der Waals surface area contributed by atoms with Crippen LogP contribution in [0.15, 0.2) is 60.0 Å². The van der Waals surface area contributed by atoms with Gasteiger partial charge in [0.2, 0.25) is 0 Å². The standard InChI is InChI=1S/C20H11Cl2F3N4OS/c21-12-7-5-11(6-8-12)14-10-31-19(26-14)27-18(30)16-9-17(20(23,24)25)28-29(16)15-4-2-1-3-13(15)22/h1-10H,(H,26,27,30). The smallest absolute Gasteiger partial charge is 0.296 e. The van der Waals surface area contributed by atoms with Gasteiger partial charge in [-0.15, -0.1) is 11.3 Å². The van der Waals surface area contributed by atoms with Crippen molar-refractivity contribution in [1.29, 1.82) is 0 Å². The third kappa shape index (κ3) is 4.58. The van der Waals surface area contributed by atoms with Crippen LogP contribution < -0.4 is 5.32 Å².